The first-order chi connectivity index (χ1) is 7.97. The van der Waals surface area contributed by atoms with E-state index in [1.165, 1.54) is 0 Å². The zero-order valence-electron chi connectivity index (χ0n) is 10.1. The lowest BCUT2D eigenvalue weighted by molar-refractivity contribution is 0.145. The maximum atomic E-state index is 11.8. The van der Waals surface area contributed by atoms with E-state index in [0.29, 0.717) is 0 Å². The molecule has 1 aromatic rings. The summed E-state index contributed by atoms with van der Waals surface area (Å²) in [5.74, 6) is 3.67. The largest absolute Gasteiger partial charge is 0.393 e. The molecule has 1 atom stereocenters. The number of piperidine rings is 1. The van der Waals surface area contributed by atoms with Crippen molar-refractivity contribution in [2.45, 2.75) is 23.8 Å². The summed E-state index contributed by atoms with van der Waals surface area (Å²) >= 11 is 0. The van der Waals surface area contributed by atoms with Crippen LogP contribution in [0, 0.1) is 0 Å². The van der Waals surface area contributed by atoms with Gasteiger partial charge in [-0.2, -0.15) is 0 Å². The van der Waals surface area contributed by atoms with E-state index in [-0.39, 0.29) is 6.10 Å². The molecule has 1 heterocycles. The SMILES string of the molecule is C=S(C)(=O)c1ccc(N2CCC(O)CC2)cc1. The Balaban J connectivity index is 2.13. The van der Waals surface area contributed by atoms with Crippen molar-refractivity contribution in [1.82, 2.24) is 0 Å². The Bertz CT molecular complexity index is 471. The third kappa shape index (κ3) is 3.01. The van der Waals surface area contributed by atoms with Gasteiger partial charge in [-0.25, -0.2) is 0 Å². The third-order valence-electron chi connectivity index (χ3n) is 3.16. The van der Waals surface area contributed by atoms with E-state index in [2.05, 4.69) is 10.8 Å². The first kappa shape index (κ1) is 12.5. The van der Waals surface area contributed by atoms with Crippen LogP contribution in [0.1, 0.15) is 12.8 Å². The molecule has 1 fully saturated rings. The Morgan fingerprint density at radius 3 is 2.29 bits per heavy atom. The van der Waals surface area contributed by atoms with Gasteiger partial charge in [0.2, 0.25) is 0 Å². The number of hydrogen-bond donors (Lipinski definition) is 1. The summed E-state index contributed by atoms with van der Waals surface area (Å²) in [7, 11) is -2.12. The van der Waals surface area contributed by atoms with Crippen LogP contribution in [-0.2, 0) is 9.52 Å². The van der Waals surface area contributed by atoms with Crippen molar-refractivity contribution in [3.63, 3.8) is 0 Å². The molecule has 0 radical (unpaired) electrons. The summed E-state index contributed by atoms with van der Waals surface area (Å²) in [5.41, 5.74) is 1.13. The molecule has 0 bridgehead atoms. The molecular formula is C13H19NO2S. The molecule has 0 aliphatic carbocycles. The fourth-order valence-electron chi connectivity index (χ4n) is 2.07. The highest BCUT2D eigenvalue weighted by Crippen LogP contribution is 2.21. The van der Waals surface area contributed by atoms with Crippen molar-refractivity contribution in [1.29, 1.82) is 0 Å². The van der Waals surface area contributed by atoms with Crippen LogP contribution in [0.5, 0.6) is 0 Å². The second-order valence-electron chi connectivity index (χ2n) is 4.72. The fourth-order valence-corrected chi connectivity index (χ4v) is 2.78. The van der Waals surface area contributed by atoms with Gasteiger partial charge in [-0.05, 0) is 52.5 Å². The van der Waals surface area contributed by atoms with Crippen molar-refractivity contribution in [2.75, 3.05) is 24.2 Å². The molecule has 1 aromatic carbocycles. The lowest BCUT2D eigenvalue weighted by Gasteiger charge is -2.31. The number of rotatable bonds is 2. The van der Waals surface area contributed by atoms with Crippen molar-refractivity contribution in [2.24, 2.45) is 0 Å². The van der Waals surface area contributed by atoms with Gasteiger partial charge in [-0.15, -0.1) is 0 Å². The number of aliphatic hydroxyl groups excluding tert-OH is 1. The minimum absolute atomic E-state index is 0.153. The Morgan fingerprint density at radius 2 is 1.82 bits per heavy atom. The van der Waals surface area contributed by atoms with Gasteiger partial charge in [-0.1, -0.05) is 0 Å². The van der Waals surface area contributed by atoms with Crippen LogP contribution < -0.4 is 4.90 Å². The summed E-state index contributed by atoms with van der Waals surface area (Å²) in [6.07, 6.45) is 3.14. The van der Waals surface area contributed by atoms with Gasteiger partial charge in [0.15, 0.2) is 0 Å². The fraction of sp³-hybridized carbons (Fsp3) is 0.462. The zero-order valence-corrected chi connectivity index (χ0v) is 10.9. The molecule has 4 heteroatoms. The number of nitrogens with zero attached hydrogens (tertiary/aromatic N) is 1. The maximum Gasteiger partial charge on any atom is 0.0574 e. The van der Waals surface area contributed by atoms with Crippen molar-refractivity contribution in [3.8, 4) is 0 Å². The molecule has 3 nitrogen and oxygen atoms in total. The smallest absolute Gasteiger partial charge is 0.0574 e. The highest BCUT2D eigenvalue weighted by molar-refractivity contribution is 7.99. The van der Waals surface area contributed by atoms with Crippen LogP contribution in [0.25, 0.3) is 0 Å². The van der Waals surface area contributed by atoms with Crippen molar-refractivity contribution < 1.29 is 9.32 Å². The Kier molecular flexibility index (Phi) is 3.45. The van der Waals surface area contributed by atoms with Gasteiger partial charge >= 0.3 is 0 Å². The van der Waals surface area contributed by atoms with Gasteiger partial charge in [-0.3, -0.25) is 4.21 Å². The molecule has 0 aromatic heterocycles. The lowest BCUT2D eigenvalue weighted by atomic mass is 10.1. The van der Waals surface area contributed by atoms with E-state index in [0.717, 1.165) is 36.5 Å². The molecule has 2 rings (SSSR count). The highest BCUT2D eigenvalue weighted by atomic mass is 32.2. The predicted molar refractivity (Wildman–Crippen MR) is 73.3 cm³/mol. The standard InChI is InChI=1S/C13H19NO2S/c1-17(2,16)13-5-3-11(4-6-13)14-9-7-12(15)8-10-14/h3-6,12,15H,1,7-10H2,2H3. The van der Waals surface area contributed by atoms with E-state index < -0.39 is 9.52 Å². The van der Waals surface area contributed by atoms with Gasteiger partial charge < -0.3 is 10.0 Å². The second kappa shape index (κ2) is 4.70. The first-order valence-electron chi connectivity index (χ1n) is 5.82. The quantitative estimate of drug-likeness (QED) is 0.809. The molecule has 1 saturated heterocycles. The van der Waals surface area contributed by atoms with Crippen LogP contribution in [0.4, 0.5) is 5.69 Å². The van der Waals surface area contributed by atoms with E-state index in [4.69, 9.17) is 0 Å². The van der Waals surface area contributed by atoms with Gasteiger partial charge in [0.05, 0.1) is 6.10 Å². The third-order valence-corrected chi connectivity index (χ3v) is 4.43. The highest BCUT2D eigenvalue weighted by Gasteiger charge is 2.17. The van der Waals surface area contributed by atoms with E-state index >= 15 is 0 Å². The average molecular weight is 253 g/mol. The monoisotopic (exact) mass is 253 g/mol. The lowest BCUT2D eigenvalue weighted by Crippen LogP contribution is -2.35. The molecule has 0 spiro atoms. The molecule has 1 unspecified atom stereocenters. The van der Waals surface area contributed by atoms with Gasteiger partial charge in [0, 0.05) is 29.9 Å². The van der Waals surface area contributed by atoms with E-state index in [9.17, 15) is 9.32 Å². The van der Waals surface area contributed by atoms with Crippen LogP contribution in [0.3, 0.4) is 0 Å². The average Bonchev–Trinajstić information content (AvgIpc) is 2.29. The van der Waals surface area contributed by atoms with Gasteiger partial charge in [0.1, 0.15) is 0 Å². The molecule has 0 saturated carbocycles. The maximum absolute atomic E-state index is 11.8. The van der Waals surface area contributed by atoms with Crippen LogP contribution in [0.2, 0.25) is 0 Å². The van der Waals surface area contributed by atoms with Crippen LogP contribution in [0.15, 0.2) is 29.2 Å². The normalized spacial score (nSPS) is 21.2. The molecular weight excluding hydrogens is 234 g/mol. The molecule has 1 aliphatic rings. The summed E-state index contributed by atoms with van der Waals surface area (Å²) < 4.78 is 11.8. The minimum Gasteiger partial charge on any atom is -0.393 e. The Morgan fingerprint density at radius 1 is 1.29 bits per heavy atom. The van der Waals surface area contributed by atoms with Crippen molar-refractivity contribution in [3.05, 3.63) is 24.3 Å². The molecule has 94 valence electrons. The molecule has 1 N–H and O–H groups in total. The Hall–Kier alpha value is -1.00. The second-order valence-corrected chi connectivity index (χ2v) is 7.20. The number of aliphatic hydroxyl groups is 1. The van der Waals surface area contributed by atoms with E-state index in [1.807, 2.05) is 24.3 Å². The zero-order chi connectivity index (χ0) is 12.5. The Labute approximate surface area is 103 Å². The molecule has 1 aliphatic heterocycles. The van der Waals surface area contributed by atoms with Crippen LogP contribution in [-0.4, -0.2) is 40.6 Å². The summed E-state index contributed by atoms with van der Waals surface area (Å²) in [5, 5.41) is 9.45. The first-order valence-corrected chi connectivity index (χ1v) is 7.96. The topological polar surface area (TPSA) is 40.5 Å². The van der Waals surface area contributed by atoms with Crippen molar-refractivity contribution >= 4 is 21.1 Å². The molecule has 17 heavy (non-hydrogen) atoms. The predicted octanol–water partition coefficient (Wildman–Crippen LogP) is 1.35. The number of hydrogen-bond acceptors (Lipinski definition) is 3. The number of benzene rings is 1. The van der Waals surface area contributed by atoms with Crippen LogP contribution >= 0.6 is 0 Å². The van der Waals surface area contributed by atoms with E-state index in [1.54, 1.807) is 6.26 Å². The van der Waals surface area contributed by atoms with Gasteiger partial charge in [0.25, 0.3) is 0 Å². The minimum atomic E-state index is -2.12. The molecule has 0 amide bonds. The summed E-state index contributed by atoms with van der Waals surface area (Å²) in [6, 6.07) is 7.74. The summed E-state index contributed by atoms with van der Waals surface area (Å²) in [4.78, 5) is 3.04. The number of anilines is 1. The summed E-state index contributed by atoms with van der Waals surface area (Å²) in [6.45, 7) is 1.76.